The van der Waals surface area contributed by atoms with Gasteiger partial charge in [0, 0.05) is 17.1 Å². The predicted octanol–water partition coefficient (Wildman–Crippen LogP) is 3.87. The SMILES string of the molecule is Nc1ccc(-c2ccc3nc(OCCOCCOCCF)ccc3c2)cc1. The highest BCUT2D eigenvalue weighted by Crippen LogP contribution is 2.25. The Balaban J connectivity index is 1.53. The summed E-state index contributed by atoms with van der Waals surface area (Å²) in [6.45, 7) is 1.26. The van der Waals surface area contributed by atoms with Crippen molar-refractivity contribution in [1.82, 2.24) is 4.98 Å². The molecule has 1 aromatic heterocycles. The van der Waals surface area contributed by atoms with Crippen molar-refractivity contribution in [2.45, 2.75) is 0 Å². The Morgan fingerprint density at radius 1 is 0.778 bits per heavy atom. The summed E-state index contributed by atoms with van der Waals surface area (Å²) in [6, 6.07) is 17.7. The van der Waals surface area contributed by atoms with Crippen LogP contribution < -0.4 is 10.5 Å². The molecule has 2 aromatic carbocycles. The summed E-state index contributed by atoms with van der Waals surface area (Å²) < 4.78 is 27.8. The normalized spacial score (nSPS) is 11.0. The molecular weight excluding hydrogens is 347 g/mol. The van der Waals surface area contributed by atoms with E-state index in [1.165, 1.54) is 0 Å². The van der Waals surface area contributed by atoms with Crippen molar-refractivity contribution in [2.75, 3.05) is 45.4 Å². The van der Waals surface area contributed by atoms with Crippen LogP contribution in [0.4, 0.5) is 10.1 Å². The topological polar surface area (TPSA) is 66.6 Å². The van der Waals surface area contributed by atoms with Crippen molar-refractivity contribution >= 4 is 16.6 Å². The molecular formula is C21H23FN2O3. The van der Waals surface area contributed by atoms with Crippen LogP contribution in [-0.4, -0.2) is 44.7 Å². The summed E-state index contributed by atoms with van der Waals surface area (Å²) in [5.41, 5.74) is 9.59. The third-order valence-corrected chi connectivity index (χ3v) is 3.98. The average Bonchev–Trinajstić information content (AvgIpc) is 2.70. The van der Waals surface area contributed by atoms with E-state index in [4.69, 9.17) is 19.9 Å². The highest BCUT2D eigenvalue weighted by atomic mass is 19.1. The number of nitrogens with two attached hydrogens (primary N) is 1. The Labute approximate surface area is 157 Å². The number of halogens is 1. The number of fused-ring (bicyclic) bond motifs is 1. The van der Waals surface area contributed by atoms with Crippen LogP contribution in [0.1, 0.15) is 0 Å². The van der Waals surface area contributed by atoms with Crippen LogP contribution in [0.3, 0.4) is 0 Å². The Bertz CT molecular complexity index is 856. The van der Waals surface area contributed by atoms with Crippen molar-refractivity contribution in [3.63, 3.8) is 0 Å². The number of anilines is 1. The molecule has 2 N–H and O–H groups in total. The molecule has 0 aliphatic carbocycles. The molecule has 0 aliphatic heterocycles. The van der Waals surface area contributed by atoms with E-state index < -0.39 is 6.67 Å². The first-order chi connectivity index (χ1) is 13.3. The molecule has 5 nitrogen and oxygen atoms in total. The van der Waals surface area contributed by atoms with E-state index in [-0.39, 0.29) is 6.61 Å². The zero-order valence-corrected chi connectivity index (χ0v) is 15.1. The van der Waals surface area contributed by atoms with Crippen LogP contribution in [-0.2, 0) is 9.47 Å². The van der Waals surface area contributed by atoms with Crippen LogP contribution in [0.2, 0.25) is 0 Å². The van der Waals surface area contributed by atoms with E-state index in [2.05, 4.69) is 11.1 Å². The first-order valence-electron chi connectivity index (χ1n) is 8.87. The summed E-state index contributed by atoms with van der Waals surface area (Å²) >= 11 is 0. The van der Waals surface area contributed by atoms with Gasteiger partial charge in [-0.25, -0.2) is 9.37 Å². The minimum absolute atomic E-state index is 0.112. The molecule has 0 unspecified atom stereocenters. The molecule has 0 saturated heterocycles. The Kier molecular flexibility index (Phi) is 6.96. The molecule has 6 heteroatoms. The van der Waals surface area contributed by atoms with Crippen molar-refractivity contribution in [2.24, 2.45) is 0 Å². The molecule has 0 aliphatic rings. The quantitative estimate of drug-likeness (QED) is 0.433. The van der Waals surface area contributed by atoms with Crippen LogP contribution >= 0.6 is 0 Å². The second kappa shape index (κ2) is 9.85. The van der Waals surface area contributed by atoms with Gasteiger partial charge in [0.2, 0.25) is 5.88 Å². The van der Waals surface area contributed by atoms with Gasteiger partial charge in [-0.3, -0.25) is 0 Å². The average molecular weight is 370 g/mol. The van der Waals surface area contributed by atoms with Crippen molar-refractivity contribution in [3.8, 4) is 17.0 Å². The van der Waals surface area contributed by atoms with E-state index in [1.54, 1.807) is 0 Å². The van der Waals surface area contributed by atoms with Gasteiger partial charge in [-0.1, -0.05) is 18.2 Å². The van der Waals surface area contributed by atoms with E-state index in [1.807, 2.05) is 48.5 Å². The fraction of sp³-hybridized carbons (Fsp3) is 0.286. The predicted molar refractivity (Wildman–Crippen MR) is 105 cm³/mol. The molecule has 3 rings (SSSR count). The highest BCUT2D eigenvalue weighted by molar-refractivity contribution is 5.85. The fourth-order valence-electron chi connectivity index (χ4n) is 2.62. The molecule has 0 saturated carbocycles. The Morgan fingerprint density at radius 3 is 2.26 bits per heavy atom. The molecule has 142 valence electrons. The van der Waals surface area contributed by atoms with E-state index in [0.29, 0.717) is 32.3 Å². The number of hydrogen-bond acceptors (Lipinski definition) is 5. The van der Waals surface area contributed by atoms with Crippen molar-refractivity contribution in [1.29, 1.82) is 0 Å². The first-order valence-corrected chi connectivity index (χ1v) is 8.87. The van der Waals surface area contributed by atoms with Crippen molar-refractivity contribution in [3.05, 3.63) is 54.6 Å². The summed E-state index contributed by atoms with van der Waals surface area (Å²) in [6.07, 6.45) is 0. The Hall–Kier alpha value is -2.70. The minimum Gasteiger partial charge on any atom is -0.475 e. The van der Waals surface area contributed by atoms with Crippen LogP contribution in [0.15, 0.2) is 54.6 Å². The number of rotatable bonds is 10. The van der Waals surface area contributed by atoms with Gasteiger partial charge in [-0.2, -0.15) is 0 Å². The number of nitrogen functional groups attached to an aromatic ring is 1. The Morgan fingerprint density at radius 2 is 1.48 bits per heavy atom. The van der Waals surface area contributed by atoms with Gasteiger partial charge in [0.15, 0.2) is 0 Å². The molecule has 0 spiro atoms. The molecule has 3 aromatic rings. The highest BCUT2D eigenvalue weighted by Gasteiger charge is 2.03. The minimum atomic E-state index is -0.474. The van der Waals surface area contributed by atoms with E-state index >= 15 is 0 Å². The molecule has 27 heavy (non-hydrogen) atoms. The van der Waals surface area contributed by atoms with Crippen LogP contribution in [0.5, 0.6) is 5.88 Å². The lowest BCUT2D eigenvalue weighted by Crippen LogP contribution is -2.11. The van der Waals surface area contributed by atoms with Gasteiger partial charge in [-0.05, 0) is 41.5 Å². The molecule has 0 bridgehead atoms. The second-order valence-electron chi connectivity index (χ2n) is 5.94. The number of pyridine rings is 1. The number of aromatic nitrogens is 1. The number of alkyl halides is 1. The smallest absolute Gasteiger partial charge is 0.213 e. The standard InChI is InChI=1S/C21H23FN2O3/c22-9-10-25-11-12-26-13-14-27-21-8-4-18-15-17(3-7-20(18)24-21)16-1-5-19(23)6-2-16/h1-8,15H,9-14,23H2. The van der Waals surface area contributed by atoms with Gasteiger partial charge in [0.25, 0.3) is 0 Å². The number of ether oxygens (including phenoxy) is 3. The third kappa shape index (κ3) is 5.64. The third-order valence-electron chi connectivity index (χ3n) is 3.98. The maximum atomic E-state index is 11.8. The maximum Gasteiger partial charge on any atom is 0.213 e. The zero-order valence-electron chi connectivity index (χ0n) is 15.1. The molecule has 0 fully saturated rings. The van der Waals surface area contributed by atoms with Gasteiger partial charge in [0.1, 0.15) is 13.3 Å². The second-order valence-corrected chi connectivity index (χ2v) is 5.94. The summed E-state index contributed by atoms with van der Waals surface area (Å²) in [5.74, 6) is 0.556. The van der Waals surface area contributed by atoms with Crippen LogP contribution in [0.25, 0.3) is 22.0 Å². The largest absolute Gasteiger partial charge is 0.475 e. The van der Waals surface area contributed by atoms with Gasteiger partial charge in [-0.15, -0.1) is 0 Å². The summed E-state index contributed by atoms with van der Waals surface area (Å²) in [4.78, 5) is 4.52. The zero-order chi connectivity index (χ0) is 18.9. The van der Waals surface area contributed by atoms with Gasteiger partial charge >= 0.3 is 0 Å². The number of benzene rings is 2. The molecule has 0 atom stereocenters. The summed E-state index contributed by atoms with van der Waals surface area (Å²) in [5, 5.41) is 1.04. The van der Waals surface area contributed by atoms with Crippen molar-refractivity contribution < 1.29 is 18.6 Å². The van der Waals surface area contributed by atoms with Gasteiger partial charge in [0.05, 0.1) is 31.9 Å². The summed E-state index contributed by atoms with van der Waals surface area (Å²) in [7, 11) is 0. The van der Waals surface area contributed by atoms with Crippen LogP contribution in [0, 0.1) is 0 Å². The lowest BCUT2D eigenvalue weighted by Gasteiger charge is -2.08. The molecule has 0 radical (unpaired) electrons. The van der Waals surface area contributed by atoms with E-state index in [9.17, 15) is 4.39 Å². The fourth-order valence-corrected chi connectivity index (χ4v) is 2.62. The van der Waals surface area contributed by atoms with E-state index in [0.717, 1.165) is 27.7 Å². The first kappa shape index (κ1) is 19.1. The van der Waals surface area contributed by atoms with Gasteiger partial charge < -0.3 is 19.9 Å². The monoisotopic (exact) mass is 370 g/mol. The maximum absolute atomic E-state index is 11.8. The molecule has 0 amide bonds. The lowest BCUT2D eigenvalue weighted by atomic mass is 10.0. The number of nitrogens with zero attached hydrogens (tertiary/aromatic N) is 1. The number of hydrogen-bond donors (Lipinski definition) is 1. The lowest BCUT2D eigenvalue weighted by molar-refractivity contribution is 0.0321. The molecule has 1 heterocycles.